The van der Waals surface area contributed by atoms with Crippen LogP contribution in [0.3, 0.4) is 0 Å². The second-order valence-electron chi connectivity index (χ2n) is 3.60. The number of aromatic carboxylic acids is 2. The molecule has 21 heavy (non-hydrogen) atoms. The predicted octanol–water partition coefficient (Wildman–Crippen LogP) is 0.914. The number of para-hydroxylation sites is 2. The molecule has 0 atom stereocenters. The summed E-state index contributed by atoms with van der Waals surface area (Å²) in [6, 6.07) is 11.1. The molecule has 0 bridgehead atoms. The maximum absolute atomic E-state index is 10.7. The first-order valence-electron chi connectivity index (χ1n) is 5.42. The molecule has 2 rings (SSSR count). The van der Waals surface area contributed by atoms with E-state index in [-0.39, 0.29) is 28.2 Å². The van der Waals surface area contributed by atoms with Gasteiger partial charge in [0.15, 0.2) is 0 Å². The Labute approximate surface area is 130 Å². The molecule has 7 heteroatoms. The molecule has 0 aliphatic heterocycles. The number of carboxylic acids is 2. The molecule has 0 spiro atoms. The SMILES string of the molecule is O=C(O)c1ccccc1[O-].O=C(O)c1ccccc1[O-].[Mn]. The largest absolute Gasteiger partial charge is 0.872 e. The summed E-state index contributed by atoms with van der Waals surface area (Å²) in [6.07, 6.45) is 0. The minimum Gasteiger partial charge on any atom is -0.872 e. The molecule has 0 aromatic heterocycles. The van der Waals surface area contributed by atoms with Crippen molar-refractivity contribution in [2.75, 3.05) is 0 Å². The third-order valence-electron chi connectivity index (χ3n) is 2.23. The molecule has 0 saturated carbocycles. The van der Waals surface area contributed by atoms with E-state index in [1.54, 1.807) is 0 Å². The van der Waals surface area contributed by atoms with Crippen LogP contribution in [0.15, 0.2) is 48.5 Å². The van der Waals surface area contributed by atoms with Crippen LogP contribution in [0.1, 0.15) is 20.7 Å². The molecule has 0 aliphatic rings. The van der Waals surface area contributed by atoms with E-state index in [9.17, 15) is 19.8 Å². The zero-order chi connectivity index (χ0) is 15.1. The fourth-order valence-corrected chi connectivity index (χ4v) is 1.29. The molecule has 2 aromatic rings. The second kappa shape index (κ2) is 8.63. The van der Waals surface area contributed by atoms with Gasteiger partial charge in [0.05, 0.1) is 11.1 Å². The molecule has 0 amide bonds. The number of carboxylic acid groups (broad SMARTS) is 2. The predicted molar refractivity (Wildman–Crippen MR) is 65.7 cm³/mol. The Kier molecular flexibility index (Phi) is 7.60. The van der Waals surface area contributed by atoms with Gasteiger partial charge in [-0.3, -0.25) is 0 Å². The summed E-state index contributed by atoms with van der Waals surface area (Å²) < 4.78 is 0. The van der Waals surface area contributed by atoms with Crippen molar-refractivity contribution < 1.29 is 47.1 Å². The third-order valence-corrected chi connectivity index (χ3v) is 2.23. The number of rotatable bonds is 2. The first-order valence-corrected chi connectivity index (χ1v) is 5.42. The van der Waals surface area contributed by atoms with Crippen molar-refractivity contribution in [3.05, 3.63) is 59.7 Å². The van der Waals surface area contributed by atoms with Crippen LogP contribution in [0, 0.1) is 0 Å². The number of benzene rings is 2. The van der Waals surface area contributed by atoms with Crippen LogP contribution in [-0.2, 0) is 17.1 Å². The summed E-state index contributed by atoms with van der Waals surface area (Å²) in [5.41, 5.74) is -0.356. The van der Waals surface area contributed by atoms with Crippen molar-refractivity contribution in [1.29, 1.82) is 0 Å². The van der Waals surface area contributed by atoms with Crippen molar-refractivity contribution in [2.24, 2.45) is 0 Å². The van der Waals surface area contributed by atoms with E-state index in [4.69, 9.17) is 10.2 Å². The van der Waals surface area contributed by atoms with E-state index >= 15 is 0 Å². The minimum atomic E-state index is -1.18. The second-order valence-corrected chi connectivity index (χ2v) is 3.60. The Balaban J connectivity index is 0.000000364. The average molecular weight is 329 g/mol. The maximum atomic E-state index is 10.7. The Morgan fingerprint density at radius 3 is 1.19 bits per heavy atom. The summed E-state index contributed by atoms with van der Waals surface area (Å²) in [5, 5.41) is 38.1. The van der Waals surface area contributed by atoms with E-state index in [0.29, 0.717) is 0 Å². The normalized spacial score (nSPS) is 8.76. The average Bonchev–Trinajstić information content (AvgIpc) is 2.40. The molecule has 0 unspecified atom stereocenters. The zero-order valence-corrected chi connectivity index (χ0v) is 11.7. The number of carbonyl (C=O) groups is 2. The first-order chi connectivity index (χ1) is 9.43. The molecule has 0 saturated heterocycles. The molecule has 6 nitrogen and oxygen atoms in total. The third kappa shape index (κ3) is 5.56. The van der Waals surface area contributed by atoms with Crippen molar-refractivity contribution in [3.8, 4) is 11.5 Å². The van der Waals surface area contributed by atoms with Gasteiger partial charge in [0.1, 0.15) is 0 Å². The van der Waals surface area contributed by atoms with Crippen LogP contribution in [0.5, 0.6) is 11.5 Å². The molecular formula is C14H10MnO6-2. The number of hydrogen-bond acceptors (Lipinski definition) is 4. The van der Waals surface area contributed by atoms with Gasteiger partial charge in [-0.15, -0.1) is 0 Å². The Bertz CT molecular complexity index is 571. The van der Waals surface area contributed by atoms with Gasteiger partial charge in [-0.1, -0.05) is 47.9 Å². The Morgan fingerprint density at radius 1 is 0.714 bits per heavy atom. The fraction of sp³-hybridized carbons (Fsp3) is 0. The molecular weight excluding hydrogens is 319 g/mol. The Hall–Kier alpha value is -2.50. The summed E-state index contributed by atoms with van der Waals surface area (Å²) in [6.45, 7) is 0. The van der Waals surface area contributed by atoms with Crippen LogP contribution in [-0.4, -0.2) is 22.2 Å². The van der Waals surface area contributed by atoms with Crippen molar-refractivity contribution in [3.63, 3.8) is 0 Å². The molecule has 0 heterocycles. The fourth-order valence-electron chi connectivity index (χ4n) is 1.29. The summed E-state index contributed by atoms with van der Waals surface area (Å²) in [4.78, 5) is 20.4. The van der Waals surface area contributed by atoms with E-state index in [0.717, 1.165) is 0 Å². The molecule has 111 valence electrons. The monoisotopic (exact) mass is 329 g/mol. The van der Waals surface area contributed by atoms with Gasteiger partial charge < -0.3 is 20.4 Å². The van der Waals surface area contributed by atoms with Gasteiger partial charge in [-0.05, 0) is 12.1 Å². The summed E-state index contributed by atoms with van der Waals surface area (Å²) in [7, 11) is 0. The van der Waals surface area contributed by atoms with Crippen LogP contribution in [0.2, 0.25) is 0 Å². The van der Waals surface area contributed by atoms with Crippen LogP contribution in [0.25, 0.3) is 0 Å². The van der Waals surface area contributed by atoms with Crippen molar-refractivity contribution in [1.82, 2.24) is 0 Å². The smallest absolute Gasteiger partial charge is 0.335 e. The summed E-state index contributed by atoms with van der Waals surface area (Å²) >= 11 is 0. The molecule has 2 N–H and O–H groups in total. The van der Waals surface area contributed by atoms with Gasteiger partial charge >= 0.3 is 11.9 Å². The zero-order valence-electron chi connectivity index (χ0n) is 10.5. The van der Waals surface area contributed by atoms with Crippen molar-refractivity contribution in [2.45, 2.75) is 0 Å². The van der Waals surface area contributed by atoms with E-state index in [1.807, 2.05) is 0 Å². The van der Waals surface area contributed by atoms with E-state index in [1.165, 1.54) is 48.5 Å². The number of hydrogen-bond donors (Lipinski definition) is 2. The quantitative estimate of drug-likeness (QED) is 0.790. The molecule has 2 aromatic carbocycles. The Morgan fingerprint density at radius 2 is 1.00 bits per heavy atom. The summed E-state index contributed by atoms with van der Waals surface area (Å²) in [5.74, 6) is -3.25. The molecule has 0 aliphatic carbocycles. The van der Waals surface area contributed by atoms with E-state index < -0.39 is 23.4 Å². The van der Waals surface area contributed by atoms with Crippen LogP contribution in [0.4, 0.5) is 0 Å². The van der Waals surface area contributed by atoms with Gasteiger partial charge in [0.2, 0.25) is 0 Å². The van der Waals surface area contributed by atoms with Crippen LogP contribution < -0.4 is 10.2 Å². The molecule has 1 radical (unpaired) electrons. The van der Waals surface area contributed by atoms with Gasteiger partial charge in [0, 0.05) is 17.1 Å². The van der Waals surface area contributed by atoms with Crippen LogP contribution >= 0.6 is 0 Å². The first kappa shape index (κ1) is 18.5. The minimum absolute atomic E-state index is 0. The van der Waals surface area contributed by atoms with Gasteiger partial charge in [-0.2, -0.15) is 0 Å². The van der Waals surface area contributed by atoms with Crippen molar-refractivity contribution >= 4 is 11.9 Å². The standard InChI is InChI=1S/2C7H6O3.Mn/c2*8-6-4-2-1-3-5(6)7(9)10;/h2*1-4,8H,(H,9,10);/p-2. The maximum Gasteiger partial charge on any atom is 0.335 e. The van der Waals surface area contributed by atoms with Gasteiger partial charge in [0.25, 0.3) is 0 Å². The van der Waals surface area contributed by atoms with Gasteiger partial charge in [-0.25, -0.2) is 9.59 Å². The molecule has 0 fully saturated rings. The van der Waals surface area contributed by atoms with E-state index in [2.05, 4.69) is 0 Å². The topological polar surface area (TPSA) is 121 Å².